The van der Waals surface area contributed by atoms with Crippen LogP contribution in [0.3, 0.4) is 0 Å². The standard InChI is InChI=1S/C66H43FN2O/c67-60-40-47(44-21-6-1-7-22-44)39-56(46-25-10-3-11-26-46)66(60)69(49-29-14-5-15-30-49)62-43-58-55-34-20-36-63-65(55)59(42-57(58)52-32-16-17-33-53(52)62)54-38-37-50(41-64(54)70-63)68(48-27-12-4-13-28-48)61-35-19-18-31-51(61)45-23-8-2-9-24-45/h1-43H. The van der Waals surface area contributed by atoms with Crippen molar-refractivity contribution in [3.63, 3.8) is 0 Å². The van der Waals surface area contributed by atoms with Gasteiger partial charge in [-0.25, -0.2) is 4.39 Å². The van der Waals surface area contributed by atoms with Gasteiger partial charge in [0.15, 0.2) is 0 Å². The van der Waals surface area contributed by atoms with Crippen molar-refractivity contribution in [1.82, 2.24) is 0 Å². The third-order valence-electron chi connectivity index (χ3n) is 13.7. The summed E-state index contributed by atoms with van der Waals surface area (Å²) >= 11 is 0. The van der Waals surface area contributed by atoms with Gasteiger partial charge in [-0.15, -0.1) is 0 Å². The second-order valence-electron chi connectivity index (χ2n) is 17.7. The molecule has 12 aromatic rings. The SMILES string of the molecule is Fc1cc(-c2ccccc2)cc(-c2ccccc2)c1N(c1ccccc1)c1cc2c3cccc4c3c(cc2c2ccccc12)-c1ccc(N(c2ccccc2)c2ccccc2-c2ccccc2)cc1O4. The fraction of sp³-hybridized carbons (Fsp3) is 0. The number of fused-ring (bicyclic) bond motifs is 6. The Kier molecular flexibility index (Phi) is 10.0. The molecule has 0 saturated carbocycles. The van der Waals surface area contributed by atoms with E-state index in [-0.39, 0.29) is 5.82 Å². The molecule has 330 valence electrons. The first-order valence-corrected chi connectivity index (χ1v) is 23.7. The van der Waals surface area contributed by atoms with E-state index in [9.17, 15) is 0 Å². The van der Waals surface area contributed by atoms with Crippen LogP contribution in [-0.4, -0.2) is 0 Å². The number of rotatable bonds is 9. The molecule has 0 spiro atoms. The summed E-state index contributed by atoms with van der Waals surface area (Å²) in [6, 6.07) is 89.9. The number of hydrogen-bond acceptors (Lipinski definition) is 3. The van der Waals surface area contributed by atoms with Crippen molar-refractivity contribution in [2.75, 3.05) is 9.80 Å². The minimum absolute atomic E-state index is 0.316. The van der Waals surface area contributed by atoms with Crippen LogP contribution in [0.15, 0.2) is 261 Å². The van der Waals surface area contributed by atoms with E-state index in [1.54, 1.807) is 6.07 Å². The lowest BCUT2D eigenvalue weighted by Gasteiger charge is -2.31. The molecule has 1 heterocycles. The molecule has 0 fully saturated rings. The molecule has 0 aliphatic carbocycles. The fourth-order valence-electron chi connectivity index (χ4n) is 10.5. The second-order valence-corrected chi connectivity index (χ2v) is 17.7. The molecule has 0 N–H and O–H groups in total. The molecule has 0 radical (unpaired) electrons. The molecular formula is C66H43FN2O. The van der Waals surface area contributed by atoms with Crippen molar-refractivity contribution < 1.29 is 9.13 Å². The van der Waals surface area contributed by atoms with E-state index in [0.717, 1.165) is 117 Å². The average Bonchev–Trinajstić information content (AvgIpc) is 3.43. The highest BCUT2D eigenvalue weighted by atomic mass is 19.1. The maximum atomic E-state index is 17.7. The number of ether oxygens (including phenoxy) is 1. The van der Waals surface area contributed by atoms with Crippen molar-refractivity contribution in [1.29, 1.82) is 0 Å². The first kappa shape index (κ1) is 41.0. The normalized spacial score (nSPS) is 11.6. The van der Waals surface area contributed by atoms with Crippen molar-refractivity contribution in [3.05, 3.63) is 267 Å². The zero-order valence-corrected chi connectivity index (χ0v) is 38.0. The summed E-state index contributed by atoms with van der Waals surface area (Å²) in [7, 11) is 0. The molecule has 12 aromatic carbocycles. The van der Waals surface area contributed by atoms with Crippen LogP contribution in [0.2, 0.25) is 0 Å². The van der Waals surface area contributed by atoms with Gasteiger partial charge in [0.2, 0.25) is 0 Å². The van der Waals surface area contributed by atoms with Gasteiger partial charge in [-0.2, -0.15) is 0 Å². The number of halogens is 1. The molecular weight excluding hydrogens is 856 g/mol. The Morgan fingerprint density at radius 3 is 1.54 bits per heavy atom. The summed E-state index contributed by atoms with van der Waals surface area (Å²) < 4.78 is 24.7. The van der Waals surface area contributed by atoms with Gasteiger partial charge in [-0.05, 0) is 122 Å². The van der Waals surface area contributed by atoms with E-state index in [2.05, 4.69) is 198 Å². The van der Waals surface area contributed by atoms with E-state index in [1.807, 2.05) is 66.7 Å². The quantitative estimate of drug-likeness (QED) is 0.134. The highest BCUT2D eigenvalue weighted by Crippen LogP contribution is 2.54. The fourth-order valence-corrected chi connectivity index (χ4v) is 10.5. The number of hydrogen-bond donors (Lipinski definition) is 0. The summed E-state index contributed by atoms with van der Waals surface area (Å²) in [5, 5.41) is 6.33. The molecule has 4 heteroatoms. The Morgan fingerprint density at radius 2 is 0.843 bits per heavy atom. The smallest absolute Gasteiger partial charge is 0.148 e. The lowest BCUT2D eigenvalue weighted by atomic mass is 9.88. The summed E-state index contributed by atoms with van der Waals surface area (Å²) in [5.74, 6) is 1.26. The molecule has 1 aliphatic heterocycles. The Bertz CT molecular complexity index is 3920. The maximum absolute atomic E-state index is 17.7. The second kappa shape index (κ2) is 17.1. The van der Waals surface area contributed by atoms with Crippen molar-refractivity contribution in [2.24, 2.45) is 0 Å². The molecule has 0 unspecified atom stereocenters. The molecule has 0 aromatic heterocycles. The van der Waals surface area contributed by atoms with E-state index < -0.39 is 0 Å². The van der Waals surface area contributed by atoms with Crippen LogP contribution in [0.4, 0.5) is 38.5 Å². The first-order valence-electron chi connectivity index (χ1n) is 23.7. The van der Waals surface area contributed by atoms with E-state index in [4.69, 9.17) is 4.74 Å². The minimum Gasteiger partial charge on any atom is -0.456 e. The van der Waals surface area contributed by atoms with Crippen molar-refractivity contribution in [3.8, 4) is 56.0 Å². The van der Waals surface area contributed by atoms with E-state index >= 15 is 4.39 Å². The van der Waals surface area contributed by atoms with Crippen LogP contribution in [-0.2, 0) is 0 Å². The van der Waals surface area contributed by atoms with Crippen LogP contribution in [0.25, 0.3) is 76.8 Å². The highest BCUT2D eigenvalue weighted by molar-refractivity contribution is 6.26. The van der Waals surface area contributed by atoms with Crippen LogP contribution >= 0.6 is 0 Å². The van der Waals surface area contributed by atoms with Gasteiger partial charge >= 0.3 is 0 Å². The summed E-state index contributed by atoms with van der Waals surface area (Å²) in [4.78, 5) is 4.43. The zero-order valence-electron chi connectivity index (χ0n) is 38.0. The van der Waals surface area contributed by atoms with Crippen LogP contribution in [0, 0.1) is 5.82 Å². The predicted octanol–water partition coefficient (Wildman–Crippen LogP) is 19.0. The highest BCUT2D eigenvalue weighted by Gasteiger charge is 2.28. The Balaban J connectivity index is 1.02. The van der Waals surface area contributed by atoms with E-state index in [0.29, 0.717) is 5.69 Å². The van der Waals surface area contributed by atoms with Gasteiger partial charge in [-0.3, -0.25) is 0 Å². The maximum Gasteiger partial charge on any atom is 0.148 e. The molecule has 13 rings (SSSR count). The Morgan fingerprint density at radius 1 is 0.286 bits per heavy atom. The van der Waals surface area contributed by atoms with Gasteiger partial charge in [0.1, 0.15) is 17.3 Å². The average molecular weight is 899 g/mol. The van der Waals surface area contributed by atoms with Gasteiger partial charge in [0.05, 0.1) is 17.1 Å². The van der Waals surface area contributed by atoms with Crippen LogP contribution in [0.1, 0.15) is 0 Å². The zero-order chi connectivity index (χ0) is 46.5. The minimum atomic E-state index is -0.316. The third kappa shape index (κ3) is 6.96. The van der Waals surface area contributed by atoms with Gasteiger partial charge < -0.3 is 14.5 Å². The molecule has 0 amide bonds. The molecule has 70 heavy (non-hydrogen) atoms. The summed E-state index contributed by atoms with van der Waals surface area (Å²) in [6.45, 7) is 0. The summed E-state index contributed by atoms with van der Waals surface area (Å²) in [5.41, 5.74) is 13.2. The molecule has 1 aliphatic rings. The summed E-state index contributed by atoms with van der Waals surface area (Å²) in [6.07, 6.45) is 0. The van der Waals surface area contributed by atoms with E-state index in [1.165, 1.54) is 0 Å². The van der Waals surface area contributed by atoms with Crippen molar-refractivity contribution in [2.45, 2.75) is 0 Å². The molecule has 0 atom stereocenters. The lowest BCUT2D eigenvalue weighted by molar-refractivity contribution is 0.487. The van der Waals surface area contributed by atoms with Crippen LogP contribution < -0.4 is 14.5 Å². The number of nitrogens with zero attached hydrogens (tertiary/aromatic N) is 2. The molecule has 0 bridgehead atoms. The largest absolute Gasteiger partial charge is 0.456 e. The number of anilines is 6. The predicted molar refractivity (Wildman–Crippen MR) is 290 cm³/mol. The molecule has 3 nitrogen and oxygen atoms in total. The lowest BCUT2D eigenvalue weighted by Crippen LogP contribution is -2.14. The Hall–Kier alpha value is -9.25. The number of para-hydroxylation sites is 3. The third-order valence-corrected chi connectivity index (χ3v) is 13.7. The topological polar surface area (TPSA) is 15.7 Å². The number of benzene rings is 12. The van der Waals surface area contributed by atoms with Crippen LogP contribution in [0.5, 0.6) is 11.5 Å². The first-order chi connectivity index (χ1) is 34.7. The van der Waals surface area contributed by atoms with Crippen molar-refractivity contribution >= 4 is 66.4 Å². The van der Waals surface area contributed by atoms with Gasteiger partial charge in [0, 0.05) is 50.6 Å². The van der Waals surface area contributed by atoms with Gasteiger partial charge in [-0.1, -0.05) is 182 Å². The monoisotopic (exact) mass is 898 g/mol. The molecule has 0 saturated heterocycles. The Labute approximate surface area is 406 Å². The van der Waals surface area contributed by atoms with Gasteiger partial charge in [0.25, 0.3) is 0 Å².